The number of hydrogen-bond acceptors (Lipinski definition) is 4. The van der Waals surface area contributed by atoms with Gasteiger partial charge in [0.2, 0.25) is 5.91 Å². The Morgan fingerprint density at radius 1 is 1.17 bits per heavy atom. The van der Waals surface area contributed by atoms with Crippen LogP contribution in [0.15, 0.2) is 48.5 Å². The topological polar surface area (TPSA) is 70.2 Å². The van der Waals surface area contributed by atoms with Crippen molar-refractivity contribution in [3.8, 4) is 5.75 Å². The summed E-state index contributed by atoms with van der Waals surface area (Å²) < 4.78 is 5.28. The Morgan fingerprint density at radius 2 is 1.93 bits per heavy atom. The highest BCUT2D eigenvalue weighted by Gasteiger charge is 2.24. The zero-order valence-electron chi connectivity index (χ0n) is 16.9. The number of carbonyl (C=O) groups excluding carboxylic acids is 1. The summed E-state index contributed by atoms with van der Waals surface area (Å²) in [5.74, 6) is 1.76. The Balaban J connectivity index is 1.35. The number of H-pyrrole nitrogens is 1. The summed E-state index contributed by atoms with van der Waals surface area (Å²) in [4.78, 5) is 22.8. The molecule has 6 heteroatoms. The van der Waals surface area contributed by atoms with Crippen LogP contribution in [0.3, 0.4) is 0 Å². The van der Waals surface area contributed by atoms with Gasteiger partial charge >= 0.3 is 0 Å². The second kappa shape index (κ2) is 9.09. The molecule has 2 N–H and O–H groups in total. The van der Waals surface area contributed by atoms with E-state index in [1.165, 1.54) is 18.4 Å². The number of likely N-dealkylation sites (tertiary alicyclic amines) is 1. The number of hydrogen-bond donors (Lipinski definition) is 2. The van der Waals surface area contributed by atoms with Crippen LogP contribution in [-0.2, 0) is 11.2 Å². The number of benzene rings is 2. The number of aryl methyl sites for hydroxylation is 1. The molecule has 0 saturated carbocycles. The van der Waals surface area contributed by atoms with Gasteiger partial charge in [-0.3, -0.25) is 9.69 Å². The molecule has 1 aliphatic heterocycles. The van der Waals surface area contributed by atoms with Gasteiger partial charge in [0.25, 0.3) is 0 Å². The number of carbonyl (C=O) groups is 1. The van der Waals surface area contributed by atoms with Crippen LogP contribution in [0.2, 0.25) is 0 Å². The highest BCUT2D eigenvalue weighted by molar-refractivity contribution is 5.77. The summed E-state index contributed by atoms with van der Waals surface area (Å²) in [5, 5.41) is 3.14. The molecule has 0 unspecified atom stereocenters. The monoisotopic (exact) mass is 392 g/mol. The van der Waals surface area contributed by atoms with E-state index in [0.29, 0.717) is 19.4 Å². The summed E-state index contributed by atoms with van der Waals surface area (Å²) in [6, 6.07) is 16.3. The Hall–Kier alpha value is -2.86. The lowest BCUT2D eigenvalue weighted by atomic mass is 10.1. The SMILES string of the molecule is COc1ccc([C@@H](CNC(=O)CCc2nc3ccccc3[nH]2)N2CCCC2)cc1. The number of methoxy groups -OCH3 is 1. The molecule has 1 fully saturated rings. The largest absolute Gasteiger partial charge is 0.497 e. The minimum Gasteiger partial charge on any atom is -0.497 e. The Kier molecular flexibility index (Phi) is 6.10. The van der Waals surface area contributed by atoms with Crippen LogP contribution in [0.4, 0.5) is 0 Å². The first kappa shape index (κ1) is 19.5. The molecule has 0 bridgehead atoms. The lowest BCUT2D eigenvalue weighted by molar-refractivity contribution is -0.121. The third-order valence-electron chi connectivity index (χ3n) is 5.60. The molecule has 152 valence electrons. The smallest absolute Gasteiger partial charge is 0.220 e. The number of aromatic nitrogens is 2. The van der Waals surface area contributed by atoms with E-state index < -0.39 is 0 Å². The standard InChI is InChI=1S/C23H28N4O2/c1-29-18-10-8-17(9-11-18)21(27-14-4-5-15-27)16-24-23(28)13-12-22-25-19-6-2-3-7-20(19)26-22/h2-3,6-11,21H,4-5,12-16H2,1H3,(H,24,28)(H,25,26)/t21-/m1/s1. The fraction of sp³-hybridized carbons (Fsp3) is 0.391. The molecular formula is C23H28N4O2. The van der Waals surface area contributed by atoms with E-state index in [2.05, 4.69) is 32.3 Å². The van der Waals surface area contributed by atoms with Gasteiger partial charge in [-0.15, -0.1) is 0 Å². The summed E-state index contributed by atoms with van der Waals surface area (Å²) >= 11 is 0. The fourth-order valence-electron chi connectivity index (χ4n) is 3.99. The van der Waals surface area contributed by atoms with E-state index in [4.69, 9.17) is 4.74 Å². The van der Waals surface area contributed by atoms with Crippen molar-refractivity contribution in [2.75, 3.05) is 26.7 Å². The Morgan fingerprint density at radius 3 is 2.66 bits per heavy atom. The zero-order chi connectivity index (χ0) is 20.1. The molecule has 2 heterocycles. The van der Waals surface area contributed by atoms with Crippen molar-refractivity contribution >= 4 is 16.9 Å². The lowest BCUT2D eigenvalue weighted by Gasteiger charge is -2.28. The molecular weight excluding hydrogens is 364 g/mol. The van der Waals surface area contributed by atoms with Crippen LogP contribution >= 0.6 is 0 Å². The molecule has 2 aromatic carbocycles. The average molecular weight is 393 g/mol. The molecule has 0 aliphatic carbocycles. The molecule has 0 radical (unpaired) electrons. The van der Waals surface area contributed by atoms with Crippen molar-refractivity contribution in [2.45, 2.75) is 31.7 Å². The predicted molar refractivity (Wildman–Crippen MR) is 114 cm³/mol. The maximum absolute atomic E-state index is 12.5. The number of rotatable bonds is 8. The maximum atomic E-state index is 12.5. The van der Waals surface area contributed by atoms with Crippen molar-refractivity contribution in [1.29, 1.82) is 0 Å². The van der Waals surface area contributed by atoms with Crippen molar-refractivity contribution in [2.24, 2.45) is 0 Å². The maximum Gasteiger partial charge on any atom is 0.220 e. The second-order valence-corrected chi connectivity index (χ2v) is 7.54. The first-order valence-electron chi connectivity index (χ1n) is 10.3. The lowest BCUT2D eigenvalue weighted by Crippen LogP contribution is -2.36. The van der Waals surface area contributed by atoms with Crippen molar-refractivity contribution in [3.63, 3.8) is 0 Å². The van der Waals surface area contributed by atoms with E-state index in [-0.39, 0.29) is 11.9 Å². The normalized spacial score (nSPS) is 15.5. The third kappa shape index (κ3) is 4.77. The van der Waals surface area contributed by atoms with Gasteiger partial charge in [-0.05, 0) is 55.8 Å². The Bertz CT molecular complexity index is 912. The van der Waals surface area contributed by atoms with Gasteiger partial charge in [0.1, 0.15) is 11.6 Å². The predicted octanol–water partition coefficient (Wildman–Crippen LogP) is 3.46. The van der Waals surface area contributed by atoms with Gasteiger partial charge in [-0.2, -0.15) is 0 Å². The number of fused-ring (bicyclic) bond motifs is 1. The van der Waals surface area contributed by atoms with Gasteiger partial charge in [0, 0.05) is 19.4 Å². The molecule has 6 nitrogen and oxygen atoms in total. The van der Waals surface area contributed by atoms with Gasteiger partial charge in [-0.1, -0.05) is 24.3 Å². The number of amides is 1. The molecule has 0 spiro atoms. The third-order valence-corrected chi connectivity index (χ3v) is 5.60. The Labute approximate surface area is 171 Å². The van der Waals surface area contributed by atoms with Crippen LogP contribution in [-0.4, -0.2) is 47.5 Å². The van der Waals surface area contributed by atoms with Crippen molar-refractivity contribution in [3.05, 3.63) is 59.9 Å². The molecule has 1 aliphatic rings. The molecule has 1 atom stereocenters. The zero-order valence-corrected chi connectivity index (χ0v) is 16.9. The fourth-order valence-corrected chi connectivity index (χ4v) is 3.99. The summed E-state index contributed by atoms with van der Waals surface area (Å²) in [6.07, 6.45) is 3.46. The number of para-hydroxylation sites is 2. The van der Waals surface area contributed by atoms with Crippen LogP contribution in [0, 0.1) is 0 Å². The first-order valence-corrected chi connectivity index (χ1v) is 10.3. The van der Waals surface area contributed by atoms with Crippen LogP contribution in [0.25, 0.3) is 11.0 Å². The minimum absolute atomic E-state index is 0.0585. The molecule has 1 aromatic heterocycles. The van der Waals surface area contributed by atoms with Crippen molar-refractivity contribution in [1.82, 2.24) is 20.2 Å². The summed E-state index contributed by atoms with van der Waals surface area (Å²) in [6.45, 7) is 2.77. The first-order chi connectivity index (χ1) is 14.2. The minimum atomic E-state index is 0.0585. The summed E-state index contributed by atoms with van der Waals surface area (Å²) in [7, 11) is 1.68. The van der Waals surface area contributed by atoms with Gasteiger partial charge in [0.05, 0.1) is 24.2 Å². The van der Waals surface area contributed by atoms with E-state index in [9.17, 15) is 4.79 Å². The molecule has 29 heavy (non-hydrogen) atoms. The molecule has 1 saturated heterocycles. The van der Waals surface area contributed by atoms with Gasteiger partial charge in [-0.25, -0.2) is 4.98 Å². The number of nitrogens with one attached hydrogen (secondary N) is 2. The van der Waals surface area contributed by atoms with E-state index >= 15 is 0 Å². The number of ether oxygens (including phenoxy) is 1. The van der Waals surface area contributed by atoms with E-state index in [1.807, 2.05) is 36.4 Å². The van der Waals surface area contributed by atoms with Crippen LogP contribution < -0.4 is 10.1 Å². The van der Waals surface area contributed by atoms with E-state index in [1.54, 1.807) is 7.11 Å². The highest BCUT2D eigenvalue weighted by Crippen LogP contribution is 2.26. The van der Waals surface area contributed by atoms with Gasteiger partial charge in [0.15, 0.2) is 0 Å². The van der Waals surface area contributed by atoms with E-state index in [0.717, 1.165) is 35.7 Å². The highest BCUT2D eigenvalue weighted by atomic mass is 16.5. The van der Waals surface area contributed by atoms with Gasteiger partial charge < -0.3 is 15.0 Å². The average Bonchev–Trinajstić information content (AvgIpc) is 3.42. The van der Waals surface area contributed by atoms with Crippen LogP contribution in [0.5, 0.6) is 5.75 Å². The molecule has 4 rings (SSSR count). The number of imidazole rings is 1. The molecule has 3 aromatic rings. The number of nitrogens with zero attached hydrogens (tertiary/aromatic N) is 2. The quantitative estimate of drug-likeness (QED) is 0.616. The summed E-state index contributed by atoms with van der Waals surface area (Å²) in [5.41, 5.74) is 3.17. The van der Waals surface area contributed by atoms with Crippen LogP contribution in [0.1, 0.15) is 36.7 Å². The second-order valence-electron chi connectivity index (χ2n) is 7.54. The number of aromatic amines is 1. The molecule has 1 amide bonds. The van der Waals surface area contributed by atoms with Crippen molar-refractivity contribution < 1.29 is 9.53 Å².